The van der Waals surface area contributed by atoms with Gasteiger partial charge in [0.15, 0.2) is 0 Å². The molecule has 0 spiro atoms. The summed E-state index contributed by atoms with van der Waals surface area (Å²) in [7, 11) is 1.91. The minimum atomic E-state index is -0.423. The van der Waals surface area contributed by atoms with E-state index in [1.165, 1.54) is 18.2 Å². The molecule has 6 heteroatoms. The Labute approximate surface area is 129 Å². The molecule has 0 saturated carbocycles. The Balaban J connectivity index is 0.00000200. The fraction of sp³-hybridized carbons (Fsp3) is 0.500. The standard InChI is InChI=1S/C14H18ClFN2O.ClH/c1-17-8-10-3-2-6-18(9-10)14(19)12-5-4-11(16)7-13(12)15;/h4-5,7,10,17H,2-3,6,8-9H2,1H3;1H. The predicted octanol–water partition coefficient (Wildman–Crippen LogP) is 2.97. The monoisotopic (exact) mass is 320 g/mol. The van der Waals surface area contributed by atoms with Crippen LogP contribution in [0.3, 0.4) is 0 Å². The average Bonchev–Trinajstić information content (AvgIpc) is 2.39. The van der Waals surface area contributed by atoms with E-state index in [-0.39, 0.29) is 23.3 Å². The highest BCUT2D eigenvalue weighted by Gasteiger charge is 2.25. The van der Waals surface area contributed by atoms with Crippen molar-refractivity contribution in [2.75, 3.05) is 26.7 Å². The SMILES string of the molecule is CNCC1CCCN(C(=O)c2ccc(F)cc2Cl)C1.Cl. The molecule has 0 aromatic heterocycles. The van der Waals surface area contributed by atoms with E-state index in [1.54, 1.807) is 0 Å². The molecule has 0 radical (unpaired) electrons. The van der Waals surface area contributed by atoms with Crippen molar-refractivity contribution in [1.29, 1.82) is 0 Å². The van der Waals surface area contributed by atoms with Gasteiger partial charge in [0.2, 0.25) is 0 Å². The zero-order valence-electron chi connectivity index (χ0n) is 11.4. The number of carbonyl (C=O) groups excluding carboxylic acids is 1. The lowest BCUT2D eigenvalue weighted by Crippen LogP contribution is -2.42. The minimum absolute atomic E-state index is 0. The summed E-state index contributed by atoms with van der Waals surface area (Å²) < 4.78 is 13.0. The third-order valence-electron chi connectivity index (χ3n) is 3.46. The summed E-state index contributed by atoms with van der Waals surface area (Å²) >= 11 is 5.94. The first kappa shape index (κ1) is 17.2. The number of halogens is 3. The van der Waals surface area contributed by atoms with Crippen molar-refractivity contribution in [2.45, 2.75) is 12.8 Å². The molecule has 1 aliphatic heterocycles. The molecule has 1 saturated heterocycles. The summed E-state index contributed by atoms with van der Waals surface area (Å²) in [5, 5.41) is 3.32. The van der Waals surface area contributed by atoms with Crippen LogP contribution in [0.1, 0.15) is 23.2 Å². The number of nitrogens with zero attached hydrogens (tertiary/aromatic N) is 1. The molecule has 0 aliphatic carbocycles. The lowest BCUT2D eigenvalue weighted by Gasteiger charge is -2.33. The third-order valence-corrected chi connectivity index (χ3v) is 3.77. The number of likely N-dealkylation sites (tertiary alicyclic amines) is 1. The summed E-state index contributed by atoms with van der Waals surface area (Å²) in [6, 6.07) is 3.92. The van der Waals surface area contributed by atoms with Gasteiger partial charge in [-0.25, -0.2) is 4.39 Å². The van der Waals surface area contributed by atoms with E-state index in [9.17, 15) is 9.18 Å². The molecular formula is C14H19Cl2FN2O. The Hall–Kier alpha value is -0.840. The van der Waals surface area contributed by atoms with Crippen LogP contribution in [0, 0.1) is 11.7 Å². The van der Waals surface area contributed by atoms with E-state index in [4.69, 9.17) is 11.6 Å². The Bertz CT molecular complexity index is 468. The van der Waals surface area contributed by atoms with Gasteiger partial charge in [-0.1, -0.05) is 11.6 Å². The maximum Gasteiger partial charge on any atom is 0.255 e. The molecule has 112 valence electrons. The van der Waals surface area contributed by atoms with Crippen molar-refractivity contribution in [2.24, 2.45) is 5.92 Å². The molecule has 1 aromatic rings. The van der Waals surface area contributed by atoms with Crippen LogP contribution in [0.2, 0.25) is 5.02 Å². The van der Waals surface area contributed by atoms with Gasteiger partial charge in [0.25, 0.3) is 5.91 Å². The summed E-state index contributed by atoms with van der Waals surface area (Å²) in [6.45, 7) is 2.38. The highest BCUT2D eigenvalue weighted by molar-refractivity contribution is 6.33. The van der Waals surface area contributed by atoms with Gasteiger partial charge in [-0.05, 0) is 50.6 Å². The van der Waals surface area contributed by atoms with Gasteiger partial charge in [0, 0.05) is 13.1 Å². The Kier molecular flexibility index (Phi) is 6.72. The van der Waals surface area contributed by atoms with Gasteiger partial charge in [0.1, 0.15) is 5.82 Å². The van der Waals surface area contributed by atoms with Crippen molar-refractivity contribution in [3.05, 3.63) is 34.6 Å². The molecular weight excluding hydrogens is 302 g/mol. The first-order chi connectivity index (χ1) is 9.11. The molecule has 2 rings (SSSR count). The van der Waals surface area contributed by atoms with Crippen LogP contribution in [-0.2, 0) is 0 Å². The number of hydrogen-bond acceptors (Lipinski definition) is 2. The zero-order chi connectivity index (χ0) is 13.8. The molecule has 1 fully saturated rings. The number of amides is 1. The molecule has 0 bridgehead atoms. The summed E-state index contributed by atoms with van der Waals surface area (Å²) in [5.41, 5.74) is 0.383. The van der Waals surface area contributed by atoms with Gasteiger partial charge in [0.05, 0.1) is 10.6 Å². The number of piperidine rings is 1. The average molecular weight is 321 g/mol. The van der Waals surface area contributed by atoms with E-state index >= 15 is 0 Å². The summed E-state index contributed by atoms with van der Waals surface area (Å²) in [4.78, 5) is 14.2. The fourth-order valence-electron chi connectivity index (χ4n) is 2.54. The van der Waals surface area contributed by atoms with Gasteiger partial charge in [-0.15, -0.1) is 12.4 Å². The fourth-order valence-corrected chi connectivity index (χ4v) is 2.79. The van der Waals surface area contributed by atoms with Gasteiger partial charge in [-0.3, -0.25) is 4.79 Å². The highest BCUT2D eigenvalue weighted by Crippen LogP contribution is 2.22. The maximum absolute atomic E-state index is 13.0. The molecule has 1 amide bonds. The van der Waals surface area contributed by atoms with Crippen LogP contribution in [0.25, 0.3) is 0 Å². The van der Waals surface area contributed by atoms with E-state index in [0.29, 0.717) is 11.5 Å². The second kappa shape index (κ2) is 7.81. The van der Waals surface area contributed by atoms with Gasteiger partial charge < -0.3 is 10.2 Å². The predicted molar refractivity (Wildman–Crippen MR) is 81.2 cm³/mol. The van der Waals surface area contributed by atoms with Crippen LogP contribution in [0.15, 0.2) is 18.2 Å². The Morgan fingerprint density at radius 2 is 2.30 bits per heavy atom. The maximum atomic E-state index is 13.0. The van der Waals surface area contributed by atoms with E-state index < -0.39 is 5.82 Å². The van der Waals surface area contributed by atoms with Gasteiger partial charge >= 0.3 is 0 Å². The lowest BCUT2D eigenvalue weighted by molar-refractivity contribution is 0.0674. The Morgan fingerprint density at radius 3 is 2.95 bits per heavy atom. The second-order valence-electron chi connectivity index (χ2n) is 4.94. The number of benzene rings is 1. The van der Waals surface area contributed by atoms with Crippen molar-refractivity contribution in [3.63, 3.8) is 0 Å². The zero-order valence-corrected chi connectivity index (χ0v) is 12.9. The van der Waals surface area contributed by atoms with Crippen LogP contribution in [0.5, 0.6) is 0 Å². The first-order valence-electron chi connectivity index (χ1n) is 6.50. The number of hydrogen-bond donors (Lipinski definition) is 1. The van der Waals surface area contributed by atoms with E-state index in [0.717, 1.165) is 32.5 Å². The number of carbonyl (C=O) groups is 1. The van der Waals surface area contributed by atoms with Gasteiger partial charge in [-0.2, -0.15) is 0 Å². The van der Waals surface area contributed by atoms with E-state index in [1.807, 2.05) is 11.9 Å². The molecule has 3 nitrogen and oxygen atoms in total. The molecule has 1 heterocycles. The highest BCUT2D eigenvalue weighted by atomic mass is 35.5. The smallest absolute Gasteiger partial charge is 0.255 e. The quantitative estimate of drug-likeness (QED) is 0.928. The summed E-state index contributed by atoms with van der Waals surface area (Å²) in [6.07, 6.45) is 2.12. The van der Waals surface area contributed by atoms with Crippen molar-refractivity contribution in [3.8, 4) is 0 Å². The second-order valence-corrected chi connectivity index (χ2v) is 5.35. The number of rotatable bonds is 3. The van der Waals surface area contributed by atoms with Crippen molar-refractivity contribution in [1.82, 2.24) is 10.2 Å². The minimum Gasteiger partial charge on any atom is -0.338 e. The van der Waals surface area contributed by atoms with Crippen LogP contribution < -0.4 is 5.32 Å². The Morgan fingerprint density at radius 1 is 1.55 bits per heavy atom. The van der Waals surface area contributed by atoms with E-state index in [2.05, 4.69) is 5.32 Å². The van der Waals surface area contributed by atoms with Crippen LogP contribution in [0.4, 0.5) is 4.39 Å². The molecule has 1 unspecified atom stereocenters. The number of nitrogens with one attached hydrogen (secondary N) is 1. The third kappa shape index (κ3) is 4.08. The molecule has 1 atom stereocenters. The summed E-state index contributed by atoms with van der Waals surface area (Å²) in [5.74, 6) is -0.0546. The van der Waals surface area contributed by atoms with Crippen molar-refractivity contribution < 1.29 is 9.18 Å². The first-order valence-corrected chi connectivity index (χ1v) is 6.88. The van der Waals surface area contributed by atoms with Crippen LogP contribution in [-0.4, -0.2) is 37.5 Å². The lowest BCUT2D eigenvalue weighted by atomic mass is 9.97. The molecule has 1 aliphatic rings. The molecule has 20 heavy (non-hydrogen) atoms. The normalized spacial score (nSPS) is 18.6. The molecule has 1 N–H and O–H groups in total. The molecule has 1 aromatic carbocycles. The van der Waals surface area contributed by atoms with Crippen molar-refractivity contribution >= 4 is 29.9 Å². The topological polar surface area (TPSA) is 32.3 Å². The van der Waals surface area contributed by atoms with Crippen LogP contribution >= 0.6 is 24.0 Å². The largest absolute Gasteiger partial charge is 0.338 e.